The second kappa shape index (κ2) is 4.16. The van der Waals surface area contributed by atoms with Crippen molar-refractivity contribution in [3.05, 3.63) is 47.2 Å². The maximum Gasteiger partial charge on any atom is 0.205 e. The van der Waals surface area contributed by atoms with Gasteiger partial charge in [0.05, 0.1) is 5.69 Å². The van der Waals surface area contributed by atoms with Gasteiger partial charge >= 0.3 is 0 Å². The number of hydrogen-bond donors (Lipinski definition) is 1. The average molecular weight is 306 g/mol. The lowest BCUT2D eigenvalue weighted by atomic mass is 10.1. The van der Waals surface area contributed by atoms with Gasteiger partial charge in [0.2, 0.25) is 4.73 Å². The monoisotopic (exact) mass is 305 g/mol. The second-order valence-corrected chi connectivity index (χ2v) is 4.71. The molecule has 0 radical (unpaired) electrons. The molecule has 3 aromatic rings. The SMILES string of the molecule is Sc1nnc(Br)n1-c1cccc2ccccc12. The first-order valence-electron chi connectivity index (χ1n) is 5.05. The van der Waals surface area contributed by atoms with Crippen LogP contribution in [0.4, 0.5) is 0 Å². The lowest BCUT2D eigenvalue weighted by molar-refractivity contribution is 0.888. The number of fused-ring (bicyclic) bond motifs is 1. The van der Waals surface area contributed by atoms with Crippen LogP contribution < -0.4 is 0 Å². The fourth-order valence-corrected chi connectivity index (χ4v) is 2.69. The second-order valence-electron chi connectivity index (χ2n) is 3.60. The summed E-state index contributed by atoms with van der Waals surface area (Å²) < 4.78 is 2.52. The molecule has 0 aliphatic carbocycles. The minimum atomic E-state index is 0.563. The van der Waals surface area contributed by atoms with Crippen molar-refractivity contribution < 1.29 is 0 Å². The molecule has 5 heteroatoms. The molecular weight excluding hydrogens is 298 g/mol. The van der Waals surface area contributed by atoms with Crippen molar-refractivity contribution in [1.29, 1.82) is 0 Å². The predicted octanol–water partition coefficient (Wildman–Crippen LogP) is 3.47. The van der Waals surface area contributed by atoms with Crippen molar-refractivity contribution in [3.8, 4) is 5.69 Å². The number of aromatic nitrogens is 3. The van der Waals surface area contributed by atoms with Crippen LogP contribution in [0.3, 0.4) is 0 Å². The zero-order chi connectivity index (χ0) is 11.8. The first-order chi connectivity index (χ1) is 8.27. The van der Waals surface area contributed by atoms with Crippen LogP contribution in [0.5, 0.6) is 0 Å². The van der Waals surface area contributed by atoms with Crippen LogP contribution in [0, 0.1) is 0 Å². The number of benzene rings is 2. The number of hydrogen-bond acceptors (Lipinski definition) is 3. The molecule has 17 heavy (non-hydrogen) atoms. The summed E-state index contributed by atoms with van der Waals surface area (Å²) in [7, 11) is 0. The maximum absolute atomic E-state index is 4.31. The van der Waals surface area contributed by atoms with Gasteiger partial charge < -0.3 is 0 Å². The van der Waals surface area contributed by atoms with Crippen LogP contribution in [-0.4, -0.2) is 14.8 Å². The number of halogens is 1. The molecule has 0 saturated heterocycles. The van der Waals surface area contributed by atoms with E-state index in [1.165, 1.54) is 5.39 Å². The van der Waals surface area contributed by atoms with E-state index in [1.807, 2.05) is 28.8 Å². The lowest BCUT2D eigenvalue weighted by Crippen LogP contribution is -1.96. The van der Waals surface area contributed by atoms with Crippen molar-refractivity contribution in [2.75, 3.05) is 0 Å². The van der Waals surface area contributed by atoms with Crippen molar-refractivity contribution >= 4 is 39.3 Å². The fraction of sp³-hybridized carbons (Fsp3) is 0. The molecule has 0 atom stereocenters. The van der Waals surface area contributed by atoms with Crippen LogP contribution in [0.2, 0.25) is 0 Å². The van der Waals surface area contributed by atoms with E-state index in [0.717, 1.165) is 11.1 Å². The zero-order valence-corrected chi connectivity index (χ0v) is 11.2. The normalized spacial score (nSPS) is 10.9. The Bertz CT molecular complexity index is 668. The van der Waals surface area contributed by atoms with E-state index in [1.54, 1.807) is 0 Å². The molecule has 84 valence electrons. The Balaban J connectivity index is 2.38. The van der Waals surface area contributed by atoms with E-state index in [9.17, 15) is 0 Å². The van der Waals surface area contributed by atoms with Gasteiger partial charge in [-0.15, -0.1) is 22.8 Å². The highest BCUT2D eigenvalue weighted by molar-refractivity contribution is 9.10. The number of nitrogens with zero attached hydrogens (tertiary/aromatic N) is 3. The average Bonchev–Trinajstić information content (AvgIpc) is 2.69. The molecule has 1 aromatic heterocycles. The summed E-state index contributed by atoms with van der Waals surface area (Å²) in [6.07, 6.45) is 0. The topological polar surface area (TPSA) is 30.7 Å². The molecule has 0 N–H and O–H groups in total. The van der Waals surface area contributed by atoms with Crippen molar-refractivity contribution in [2.45, 2.75) is 5.16 Å². The highest BCUT2D eigenvalue weighted by Crippen LogP contribution is 2.26. The van der Waals surface area contributed by atoms with Crippen LogP contribution in [0.15, 0.2) is 52.4 Å². The molecule has 0 spiro atoms. The van der Waals surface area contributed by atoms with Crippen LogP contribution >= 0.6 is 28.6 Å². The smallest absolute Gasteiger partial charge is 0.205 e. The van der Waals surface area contributed by atoms with E-state index in [2.05, 4.69) is 57.0 Å². The summed E-state index contributed by atoms with van der Waals surface area (Å²) in [6.45, 7) is 0. The van der Waals surface area contributed by atoms with Gasteiger partial charge in [-0.05, 0) is 27.4 Å². The third kappa shape index (κ3) is 1.75. The summed E-state index contributed by atoms with van der Waals surface area (Å²) in [5, 5.41) is 10.8. The number of thiol groups is 1. The molecule has 0 saturated carbocycles. The molecule has 0 aliphatic heterocycles. The standard InChI is InChI=1S/C12H8BrN3S/c13-11-14-15-12(17)16(11)10-7-3-5-8-4-1-2-6-9(8)10/h1-7H,(H,15,17). The van der Waals surface area contributed by atoms with E-state index in [-0.39, 0.29) is 0 Å². The minimum Gasteiger partial charge on any atom is -0.264 e. The third-order valence-electron chi connectivity index (χ3n) is 2.61. The first kappa shape index (κ1) is 10.8. The molecule has 0 aliphatic rings. The van der Waals surface area contributed by atoms with Crippen molar-refractivity contribution in [1.82, 2.24) is 14.8 Å². The van der Waals surface area contributed by atoms with Crippen LogP contribution in [-0.2, 0) is 0 Å². The molecule has 2 aromatic carbocycles. The Morgan fingerprint density at radius 1 is 1.00 bits per heavy atom. The fourth-order valence-electron chi connectivity index (χ4n) is 1.87. The van der Waals surface area contributed by atoms with E-state index < -0.39 is 0 Å². The molecule has 0 bridgehead atoms. The van der Waals surface area contributed by atoms with Gasteiger partial charge in [0, 0.05) is 5.39 Å². The van der Waals surface area contributed by atoms with Crippen LogP contribution in [0.1, 0.15) is 0 Å². The molecule has 3 rings (SSSR count). The zero-order valence-electron chi connectivity index (χ0n) is 8.71. The summed E-state index contributed by atoms with van der Waals surface area (Å²) in [4.78, 5) is 0. The Kier molecular flexibility index (Phi) is 2.64. The Morgan fingerprint density at radius 2 is 1.76 bits per heavy atom. The van der Waals surface area contributed by atoms with Crippen molar-refractivity contribution in [2.24, 2.45) is 0 Å². The maximum atomic E-state index is 4.31. The number of rotatable bonds is 1. The van der Waals surface area contributed by atoms with Gasteiger partial charge in [0.25, 0.3) is 0 Å². The van der Waals surface area contributed by atoms with Gasteiger partial charge in [0.1, 0.15) is 0 Å². The van der Waals surface area contributed by atoms with E-state index >= 15 is 0 Å². The Morgan fingerprint density at radius 3 is 2.53 bits per heavy atom. The van der Waals surface area contributed by atoms with Gasteiger partial charge in [-0.25, -0.2) is 0 Å². The van der Waals surface area contributed by atoms with Crippen LogP contribution in [0.25, 0.3) is 16.5 Å². The minimum absolute atomic E-state index is 0.563. The summed E-state index contributed by atoms with van der Waals surface area (Å²) >= 11 is 7.69. The quantitative estimate of drug-likeness (QED) is 0.698. The molecular formula is C12H8BrN3S. The van der Waals surface area contributed by atoms with Crippen molar-refractivity contribution in [3.63, 3.8) is 0 Å². The first-order valence-corrected chi connectivity index (χ1v) is 6.29. The summed E-state index contributed by atoms with van der Waals surface area (Å²) in [5.74, 6) is 0. The molecule has 0 fully saturated rings. The highest BCUT2D eigenvalue weighted by atomic mass is 79.9. The van der Waals surface area contributed by atoms with Gasteiger partial charge in [-0.2, -0.15) is 0 Å². The van der Waals surface area contributed by atoms with Gasteiger partial charge in [-0.3, -0.25) is 4.57 Å². The Labute approximate surface area is 112 Å². The largest absolute Gasteiger partial charge is 0.264 e. The Hall–Kier alpha value is -1.33. The molecule has 1 heterocycles. The summed E-state index contributed by atoms with van der Waals surface area (Å²) in [5.41, 5.74) is 1.02. The highest BCUT2D eigenvalue weighted by Gasteiger charge is 2.10. The van der Waals surface area contributed by atoms with E-state index in [0.29, 0.717) is 9.89 Å². The third-order valence-corrected chi connectivity index (χ3v) is 3.42. The molecule has 0 unspecified atom stereocenters. The van der Waals surface area contributed by atoms with Gasteiger partial charge in [-0.1, -0.05) is 36.4 Å². The summed E-state index contributed by atoms with van der Waals surface area (Å²) in [6, 6.07) is 14.3. The molecule has 3 nitrogen and oxygen atoms in total. The van der Waals surface area contributed by atoms with E-state index in [4.69, 9.17) is 0 Å². The predicted molar refractivity (Wildman–Crippen MR) is 73.8 cm³/mol. The molecule has 0 amide bonds. The lowest BCUT2D eigenvalue weighted by Gasteiger charge is -2.08. The van der Waals surface area contributed by atoms with Gasteiger partial charge in [0.15, 0.2) is 5.16 Å².